The lowest BCUT2D eigenvalue weighted by atomic mass is 10.3. The van der Waals surface area contributed by atoms with Crippen LogP contribution in [0, 0.1) is 5.82 Å². The molecule has 0 aliphatic heterocycles. The van der Waals surface area contributed by atoms with Crippen LogP contribution in [-0.4, -0.2) is 30.1 Å². The number of halogens is 2. The molecule has 1 unspecified atom stereocenters. The second-order valence-electron chi connectivity index (χ2n) is 5.26. The first kappa shape index (κ1) is 21.1. The predicted octanol–water partition coefficient (Wildman–Crippen LogP) is 3.36. The lowest BCUT2D eigenvalue weighted by molar-refractivity contribution is 0.214. The summed E-state index contributed by atoms with van der Waals surface area (Å²) >= 11 is 0. The van der Waals surface area contributed by atoms with Crippen LogP contribution >= 0.6 is 24.0 Å². The Morgan fingerprint density at radius 3 is 2.64 bits per heavy atom. The summed E-state index contributed by atoms with van der Waals surface area (Å²) in [6.45, 7) is 5.61. The van der Waals surface area contributed by atoms with Gasteiger partial charge in [0, 0.05) is 12.7 Å². The minimum atomic E-state index is -0.361. The van der Waals surface area contributed by atoms with Gasteiger partial charge in [-0.1, -0.05) is 18.2 Å². The zero-order chi connectivity index (χ0) is 17.2. The molecule has 0 saturated carbocycles. The van der Waals surface area contributed by atoms with Gasteiger partial charge in [-0.3, -0.25) is 4.98 Å². The third kappa shape index (κ3) is 7.68. The average Bonchev–Trinajstić information content (AvgIpc) is 2.60. The molecular weight excluding hydrogens is 434 g/mol. The molecular formula is C18H24FIN4O. The third-order valence-electron chi connectivity index (χ3n) is 3.19. The Bertz CT molecular complexity index is 655. The summed E-state index contributed by atoms with van der Waals surface area (Å²) in [5.41, 5.74) is 0.894. The molecule has 2 aromatic rings. The number of guanidine groups is 1. The van der Waals surface area contributed by atoms with Crippen LogP contribution in [0.15, 0.2) is 53.7 Å². The van der Waals surface area contributed by atoms with E-state index in [0.29, 0.717) is 19.0 Å². The van der Waals surface area contributed by atoms with Gasteiger partial charge >= 0.3 is 0 Å². The van der Waals surface area contributed by atoms with Gasteiger partial charge in [0.25, 0.3) is 0 Å². The van der Waals surface area contributed by atoms with E-state index < -0.39 is 0 Å². The number of rotatable bonds is 7. The first-order valence-electron chi connectivity index (χ1n) is 8.02. The zero-order valence-electron chi connectivity index (χ0n) is 14.4. The van der Waals surface area contributed by atoms with E-state index in [2.05, 4.69) is 20.6 Å². The van der Waals surface area contributed by atoms with Crippen molar-refractivity contribution in [2.45, 2.75) is 26.5 Å². The smallest absolute Gasteiger partial charge is 0.191 e. The molecule has 0 aliphatic rings. The van der Waals surface area contributed by atoms with E-state index in [9.17, 15) is 4.39 Å². The summed E-state index contributed by atoms with van der Waals surface area (Å²) in [5, 5.41) is 6.36. The first-order valence-corrected chi connectivity index (χ1v) is 8.02. The molecule has 0 radical (unpaired) electrons. The van der Waals surface area contributed by atoms with Crippen molar-refractivity contribution in [1.29, 1.82) is 0 Å². The first-order chi connectivity index (χ1) is 11.7. The Morgan fingerprint density at radius 2 is 1.96 bits per heavy atom. The number of ether oxygens (including phenoxy) is 1. The standard InChI is InChI=1S/C18H23FN4O.HI/c1-3-20-18(23-13-15-8-6-7-11-21-15)22-12-14(2)24-17-10-5-4-9-16(17)19;/h4-11,14H,3,12-13H2,1-2H3,(H2,20,22,23);1H. The van der Waals surface area contributed by atoms with E-state index in [4.69, 9.17) is 4.74 Å². The maximum Gasteiger partial charge on any atom is 0.191 e. The molecule has 2 rings (SSSR count). The molecule has 1 atom stereocenters. The Labute approximate surface area is 165 Å². The summed E-state index contributed by atoms with van der Waals surface area (Å²) in [4.78, 5) is 8.73. The number of nitrogens with zero attached hydrogens (tertiary/aromatic N) is 2. The lowest BCUT2D eigenvalue weighted by Crippen LogP contribution is -2.41. The van der Waals surface area contributed by atoms with Gasteiger partial charge in [0.15, 0.2) is 17.5 Å². The highest BCUT2D eigenvalue weighted by Crippen LogP contribution is 2.16. The van der Waals surface area contributed by atoms with E-state index in [1.807, 2.05) is 32.0 Å². The molecule has 7 heteroatoms. The molecule has 0 aliphatic carbocycles. The minimum Gasteiger partial charge on any atom is -0.486 e. The molecule has 1 aromatic heterocycles. The summed E-state index contributed by atoms with van der Waals surface area (Å²) < 4.78 is 19.2. The van der Waals surface area contributed by atoms with E-state index >= 15 is 0 Å². The summed E-state index contributed by atoms with van der Waals surface area (Å²) in [7, 11) is 0. The SMILES string of the molecule is CCNC(=NCc1ccccn1)NCC(C)Oc1ccccc1F.I. The highest BCUT2D eigenvalue weighted by molar-refractivity contribution is 14.0. The Hall–Kier alpha value is -1.90. The number of benzene rings is 1. The van der Waals surface area contributed by atoms with Crippen LogP contribution < -0.4 is 15.4 Å². The van der Waals surface area contributed by atoms with Crippen molar-refractivity contribution in [3.05, 3.63) is 60.2 Å². The second-order valence-corrected chi connectivity index (χ2v) is 5.26. The molecule has 25 heavy (non-hydrogen) atoms. The maximum absolute atomic E-state index is 13.6. The highest BCUT2D eigenvalue weighted by atomic mass is 127. The van der Waals surface area contributed by atoms with Gasteiger partial charge in [-0.25, -0.2) is 9.38 Å². The Kier molecular flexibility index (Phi) is 9.83. The van der Waals surface area contributed by atoms with Gasteiger partial charge in [0.05, 0.1) is 18.8 Å². The van der Waals surface area contributed by atoms with Gasteiger partial charge < -0.3 is 15.4 Å². The molecule has 0 fully saturated rings. The molecule has 1 aromatic carbocycles. The fraction of sp³-hybridized carbons (Fsp3) is 0.333. The van der Waals surface area contributed by atoms with Gasteiger partial charge in [-0.05, 0) is 38.1 Å². The topological polar surface area (TPSA) is 58.5 Å². The number of aliphatic imine (C=N–C) groups is 1. The van der Waals surface area contributed by atoms with Crippen molar-refractivity contribution < 1.29 is 9.13 Å². The molecule has 5 nitrogen and oxygen atoms in total. The van der Waals surface area contributed by atoms with E-state index in [-0.39, 0.29) is 41.6 Å². The van der Waals surface area contributed by atoms with Crippen LogP contribution in [0.2, 0.25) is 0 Å². The second kappa shape index (κ2) is 11.6. The number of nitrogens with one attached hydrogen (secondary N) is 2. The fourth-order valence-electron chi connectivity index (χ4n) is 2.03. The Balaban J connectivity index is 0.00000312. The molecule has 0 saturated heterocycles. The lowest BCUT2D eigenvalue weighted by Gasteiger charge is -2.18. The monoisotopic (exact) mass is 458 g/mol. The van der Waals surface area contributed by atoms with Crippen LogP contribution in [0.4, 0.5) is 4.39 Å². The molecule has 0 bridgehead atoms. The molecule has 1 heterocycles. The summed E-state index contributed by atoms with van der Waals surface area (Å²) in [6.07, 6.45) is 1.54. The molecule has 2 N–H and O–H groups in total. The fourth-order valence-corrected chi connectivity index (χ4v) is 2.03. The highest BCUT2D eigenvalue weighted by Gasteiger charge is 2.08. The van der Waals surface area contributed by atoms with Crippen molar-refractivity contribution in [3.63, 3.8) is 0 Å². The minimum absolute atomic E-state index is 0. The number of para-hydroxylation sites is 1. The predicted molar refractivity (Wildman–Crippen MR) is 109 cm³/mol. The van der Waals surface area contributed by atoms with Crippen LogP contribution in [-0.2, 0) is 6.54 Å². The number of hydrogen-bond donors (Lipinski definition) is 2. The molecule has 0 amide bonds. The van der Waals surface area contributed by atoms with E-state index in [1.54, 1.807) is 24.4 Å². The van der Waals surface area contributed by atoms with Crippen LogP contribution in [0.25, 0.3) is 0 Å². The summed E-state index contributed by atoms with van der Waals surface area (Å²) in [5.74, 6) is 0.564. The normalized spacial score (nSPS) is 12.0. The summed E-state index contributed by atoms with van der Waals surface area (Å²) in [6, 6.07) is 12.1. The van der Waals surface area contributed by atoms with Crippen molar-refractivity contribution in [3.8, 4) is 5.75 Å². The average molecular weight is 458 g/mol. The van der Waals surface area contributed by atoms with Gasteiger partial charge in [0.2, 0.25) is 0 Å². The Morgan fingerprint density at radius 1 is 1.20 bits per heavy atom. The van der Waals surface area contributed by atoms with Crippen LogP contribution in [0.5, 0.6) is 5.75 Å². The van der Waals surface area contributed by atoms with E-state index in [0.717, 1.165) is 12.2 Å². The van der Waals surface area contributed by atoms with Crippen molar-refractivity contribution in [2.75, 3.05) is 13.1 Å². The molecule has 0 spiro atoms. The third-order valence-corrected chi connectivity index (χ3v) is 3.19. The zero-order valence-corrected chi connectivity index (χ0v) is 16.7. The number of hydrogen-bond acceptors (Lipinski definition) is 3. The van der Waals surface area contributed by atoms with Gasteiger partial charge in [0.1, 0.15) is 6.10 Å². The van der Waals surface area contributed by atoms with Crippen molar-refractivity contribution in [2.24, 2.45) is 4.99 Å². The largest absolute Gasteiger partial charge is 0.486 e. The van der Waals surface area contributed by atoms with Crippen molar-refractivity contribution in [1.82, 2.24) is 15.6 Å². The van der Waals surface area contributed by atoms with Gasteiger partial charge in [-0.15, -0.1) is 24.0 Å². The number of pyridine rings is 1. The van der Waals surface area contributed by atoms with Crippen LogP contribution in [0.1, 0.15) is 19.5 Å². The number of aromatic nitrogens is 1. The van der Waals surface area contributed by atoms with Gasteiger partial charge in [-0.2, -0.15) is 0 Å². The maximum atomic E-state index is 13.6. The quantitative estimate of drug-likeness (QED) is 0.380. The van der Waals surface area contributed by atoms with E-state index in [1.165, 1.54) is 6.07 Å². The van der Waals surface area contributed by atoms with Crippen LogP contribution in [0.3, 0.4) is 0 Å². The van der Waals surface area contributed by atoms with Crippen molar-refractivity contribution >= 4 is 29.9 Å². The molecule has 136 valence electrons.